The number of aromatic nitrogens is 3. The lowest BCUT2D eigenvalue weighted by atomic mass is 10.1. The first-order valence-electron chi connectivity index (χ1n) is 5.65. The zero-order valence-electron chi connectivity index (χ0n) is 9.27. The second kappa shape index (κ2) is 3.63. The standard InChI is InChI=1S/C12H14N4/c1-2-16-12-9(6-8-14-12)11(15-16)10-5-3-4-7-13-10/h3-5,7,14H,2,6,8H2,1H3. The Morgan fingerprint density at radius 2 is 2.38 bits per heavy atom. The lowest BCUT2D eigenvalue weighted by Crippen LogP contribution is -2.04. The van der Waals surface area contributed by atoms with Crippen LogP contribution in [0.1, 0.15) is 12.5 Å². The van der Waals surface area contributed by atoms with Crippen molar-refractivity contribution in [2.45, 2.75) is 19.9 Å². The number of rotatable bonds is 2. The van der Waals surface area contributed by atoms with E-state index >= 15 is 0 Å². The maximum Gasteiger partial charge on any atom is 0.128 e. The van der Waals surface area contributed by atoms with Gasteiger partial charge in [-0.15, -0.1) is 0 Å². The summed E-state index contributed by atoms with van der Waals surface area (Å²) in [6, 6.07) is 5.95. The molecule has 0 radical (unpaired) electrons. The smallest absolute Gasteiger partial charge is 0.128 e. The topological polar surface area (TPSA) is 42.7 Å². The zero-order chi connectivity index (χ0) is 11.0. The predicted octanol–water partition coefficient (Wildman–Crippen LogP) is 1.93. The Kier molecular flexibility index (Phi) is 2.13. The molecule has 2 aromatic rings. The van der Waals surface area contributed by atoms with Gasteiger partial charge in [0.1, 0.15) is 11.5 Å². The van der Waals surface area contributed by atoms with Crippen LogP contribution >= 0.6 is 0 Å². The number of nitrogens with one attached hydrogen (secondary N) is 1. The Hall–Kier alpha value is -1.84. The maximum absolute atomic E-state index is 4.61. The minimum atomic E-state index is 0.891. The van der Waals surface area contributed by atoms with Crippen molar-refractivity contribution in [2.24, 2.45) is 0 Å². The first-order chi connectivity index (χ1) is 7.90. The fourth-order valence-electron chi connectivity index (χ4n) is 2.18. The van der Waals surface area contributed by atoms with Crippen molar-refractivity contribution >= 4 is 5.82 Å². The third-order valence-corrected chi connectivity index (χ3v) is 2.93. The molecule has 0 saturated heterocycles. The minimum absolute atomic E-state index is 0.891. The number of hydrogen-bond donors (Lipinski definition) is 1. The normalized spacial score (nSPS) is 13.6. The Bertz CT molecular complexity index is 501. The molecule has 82 valence electrons. The summed E-state index contributed by atoms with van der Waals surface area (Å²) in [7, 11) is 0. The summed E-state index contributed by atoms with van der Waals surface area (Å²) in [5.74, 6) is 1.17. The van der Waals surface area contributed by atoms with Gasteiger partial charge in [0.15, 0.2) is 0 Å². The number of anilines is 1. The van der Waals surface area contributed by atoms with Crippen molar-refractivity contribution < 1.29 is 0 Å². The molecule has 0 spiro atoms. The fraction of sp³-hybridized carbons (Fsp3) is 0.333. The summed E-state index contributed by atoms with van der Waals surface area (Å²) in [6.07, 6.45) is 2.86. The van der Waals surface area contributed by atoms with Crippen molar-refractivity contribution in [1.82, 2.24) is 14.8 Å². The van der Waals surface area contributed by atoms with Crippen molar-refractivity contribution in [3.63, 3.8) is 0 Å². The quantitative estimate of drug-likeness (QED) is 0.830. The highest BCUT2D eigenvalue weighted by Gasteiger charge is 2.22. The molecule has 16 heavy (non-hydrogen) atoms. The van der Waals surface area contributed by atoms with E-state index in [1.165, 1.54) is 11.4 Å². The molecular formula is C12H14N4. The van der Waals surface area contributed by atoms with Gasteiger partial charge < -0.3 is 5.32 Å². The molecule has 1 aliphatic rings. The first kappa shape index (κ1) is 9.39. The van der Waals surface area contributed by atoms with Crippen LogP contribution in [0.3, 0.4) is 0 Å². The van der Waals surface area contributed by atoms with Gasteiger partial charge in [0.05, 0.1) is 5.69 Å². The second-order valence-corrected chi connectivity index (χ2v) is 3.88. The third-order valence-electron chi connectivity index (χ3n) is 2.93. The fourth-order valence-corrected chi connectivity index (χ4v) is 2.18. The van der Waals surface area contributed by atoms with E-state index in [2.05, 4.69) is 22.3 Å². The Balaban J connectivity index is 2.15. The minimum Gasteiger partial charge on any atom is -0.370 e. The molecule has 0 aliphatic carbocycles. The van der Waals surface area contributed by atoms with Crippen molar-refractivity contribution in [3.8, 4) is 11.4 Å². The van der Waals surface area contributed by atoms with Crippen molar-refractivity contribution in [3.05, 3.63) is 30.0 Å². The Labute approximate surface area is 94.3 Å². The van der Waals surface area contributed by atoms with Crippen LogP contribution < -0.4 is 5.32 Å². The average Bonchev–Trinajstić information content (AvgIpc) is 2.91. The van der Waals surface area contributed by atoms with Gasteiger partial charge >= 0.3 is 0 Å². The van der Waals surface area contributed by atoms with Crippen LogP contribution in [0.2, 0.25) is 0 Å². The Morgan fingerprint density at radius 3 is 3.12 bits per heavy atom. The molecule has 0 aromatic carbocycles. The monoisotopic (exact) mass is 214 g/mol. The Morgan fingerprint density at radius 1 is 1.44 bits per heavy atom. The molecule has 4 nitrogen and oxygen atoms in total. The summed E-state index contributed by atoms with van der Waals surface area (Å²) >= 11 is 0. The van der Waals surface area contributed by atoms with E-state index in [1.807, 2.05) is 29.1 Å². The summed E-state index contributed by atoms with van der Waals surface area (Å²) in [5, 5.41) is 7.99. The highest BCUT2D eigenvalue weighted by Crippen LogP contribution is 2.31. The van der Waals surface area contributed by atoms with E-state index < -0.39 is 0 Å². The van der Waals surface area contributed by atoms with Crippen LogP contribution in [0, 0.1) is 0 Å². The number of pyridine rings is 1. The van der Waals surface area contributed by atoms with E-state index in [-0.39, 0.29) is 0 Å². The van der Waals surface area contributed by atoms with Crippen LogP contribution in [0.25, 0.3) is 11.4 Å². The van der Waals surface area contributed by atoms with Gasteiger partial charge in [-0.1, -0.05) is 6.07 Å². The second-order valence-electron chi connectivity index (χ2n) is 3.88. The van der Waals surface area contributed by atoms with Gasteiger partial charge in [0.2, 0.25) is 0 Å². The van der Waals surface area contributed by atoms with Gasteiger partial charge in [0.25, 0.3) is 0 Å². The number of aryl methyl sites for hydroxylation is 1. The molecule has 0 saturated carbocycles. The van der Waals surface area contributed by atoms with E-state index in [0.29, 0.717) is 0 Å². The van der Waals surface area contributed by atoms with Crippen LogP contribution in [-0.4, -0.2) is 21.3 Å². The number of hydrogen-bond acceptors (Lipinski definition) is 3. The van der Waals surface area contributed by atoms with E-state index in [4.69, 9.17) is 0 Å². The van der Waals surface area contributed by atoms with Crippen LogP contribution in [0.4, 0.5) is 5.82 Å². The van der Waals surface area contributed by atoms with Gasteiger partial charge in [-0.25, -0.2) is 4.68 Å². The lowest BCUT2D eigenvalue weighted by molar-refractivity contribution is 0.668. The molecule has 0 atom stereocenters. The van der Waals surface area contributed by atoms with E-state index in [1.54, 1.807) is 0 Å². The van der Waals surface area contributed by atoms with Crippen molar-refractivity contribution in [2.75, 3.05) is 11.9 Å². The molecule has 2 aromatic heterocycles. The molecular weight excluding hydrogens is 200 g/mol. The van der Waals surface area contributed by atoms with Crippen LogP contribution in [0.15, 0.2) is 24.4 Å². The summed E-state index contributed by atoms with van der Waals surface area (Å²) in [4.78, 5) is 4.37. The van der Waals surface area contributed by atoms with Gasteiger partial charge in [-0.2, -0.15) is 5.10 Å². The number of nitrogens with zero attached hydrogens (tertiary/aromatic N) is 3. The summed E-state index contributed by atoms with van der Waals surface area (Å²) in [6.45, 7) is 4.00. The molecule has 1 aliphatic heterocycles. The predicted molar refractivity (Wildman–Crippen MR) is 63.3 cm³/mol. The van der Waals surface area contributed by atoms with Gasteiger partial charge in [-0.3, -0.25) is 4.98 Å². The molecule has 0 bridgehead atoms. The molecule has 1 N–H and O–H groups in total. The van der Waals surface area contributed by atoms with Crippen LogP contribution in [0.5, 0.6) is 0 Å². The summed E-state index contributed by atoms with van der Waals surface area (Å²) < 4.78 is 2.02. The molecule has 0 amide bonds. The van der Waals surface area contributed by atoms with E-state index in [0.717, 1.165) is 30.9 Å². The third kappa shape index (κ3) is 1.30. The SMILES string of the molecule is CCn1nc(-c2ccccn2)c2c1NCC2. The molecule has 0 unspecified atom stereocenters. The highest BCUT2D eigenvalue weighted by atomic mass is 15.3. The maximum atomic E-state index is 4.61. The van der Waals surface area contributed by atoms with Gasteiger partial charge in [0, 0.05) is 24.8 Å². The summed E-state index contributed by atoms with van der Waals surface area (Å²) in [5.41, 5.74) is 3.30. The largest absolute Gasteiger partial charge is 0.370 e. The molecule has 0 fully saturated rings. The highest BCUT2D eigenvalue weighted by molar-refractivity contribution is 5.68. The molecule has 3 heterocycles. The van der Waals surface area contributed by atoms with Crippen molar-refractivity contribution in [1.29, 1.82) is 0 Å². The van der Waals surface area contributed by atoms with Crippen LogP contribution in [-0.2, 0) is 13.0 Å². The number of fused-ring (bicyclic) bond motifs is 1. The molecule has 3 rings (SSSR count). The average molecular weight is 214 g/mol. The first-order valence-corrected chi connectivity index (χ1v) is 5.65. The van der Waals surface area contributed by atoms with E-state index in [9.17, 15) is 0 Å². The lowest BCUT2D eigenvalue weighted by Gasteiger charge is -2.01. The molecule has 4 heteroatoms. The van der Waals surface area contributed by atoms with Gasteiger partial charge in [-0.05, 0) is 25.5 Å². The zero-order valence-corrected chi connectivity index (χ0v) is 9.27.